The van der Waals surface area contributed by atoms with Gasteiger partial charge in [0.1, 0.15) is 6.61 Å². The van der Waals surface area contributed by atoms with Gasteiger partial charge in [0.2, 0.25) is 0 Å². The zero-order valence-electron chi connectivity index (χ0n) is 16.7. The summed E-state index contributed by atoms with van der Waals surface area (Å²) in [5.74, 6) is 0.977. The molecule has 0 heterocycles. The molecular weight excluding hydrogens is 500 g/mol. The van der Waals surface area contributed by atoms with E-state index in [4.69, 9.17) is 67.5 Å². The Hall–Kier alpha value is -1.33. The van der Waals surface area contributed by atoms with Crippen LogP contribution in [-0.2, 0) is 19.6 Å². The maximum Gasteiger partial charge on any atom is 0.180 e. The molecule has 0 saturated carbocycles. The molecule has 0 spiro atoms. The molecule has 3 nitrogen and oxygen atoms in total. The van der Waals surface area contributed by atoms with Crippen molar-refractivity contribution in [2.24, 2.45) is 0 Å². The van der Waals surface area contributed by atoms with Crippen molar-refractivity contribution in [2.75, 3.05) is 13.7 Å². The normalized spacial score (nSPS) is 10.9. The maximum absolute atomic E-state index is 6.47. The molecule has 0 fully saturated rings. The van der Waals surface area contributed by atoms with Gasteiger partial charge < -0.3 is 14.8 Å². The summed E-state index contributed by atoms with van der Waals surface area (Å²) < 4.78 is 11.4. The van der Waals surface area contributed by atoms with Crippen LogP contribution in [0.3, 0.4) is 0 Å². The molecule has 0 radical (unpaired) electrons. The largest absolute Gasteiger partial charge is 0.493 e. The number of ether oxygens (including phenoxy) is 2. The Morgan fingerprint density at radius 1 is 0.839 bits per heavy atom. The Kier molecular flexibility index (Phi) is 9.03. The van der Waals surface area contributed by atoms with E-state index in [0.717, 1.165) is 24.1 Å². The lowest BCUT2D eigenvalue weighted by molar-refractivity contribution is 0.284. The molecular formula is C23H20Cl5NO2. The molecule has 0 aliphatic carbocycles. The third-order valence-electron chi connectivity index (χ3n) is 4.63. The van der Waals surface area contributed by atoms with Gasteiger partial charge in [-0.2, -0.15) is 0 Å². The molecule has 3 aromatic rings. The van der Waals surface area contributed by atoms with Crippen LogP contribution in [-0.4, -0.2) is 13.7 Å². The van der Waals surface area contributed by atoms with Crippen LogP contribution >= 0.6 is 58.0 Å². The SMILES string of the molecule is COc1cc(CNCCc2ccc(Cl)cc2Cl)cc(Cl)c1OCc1c(Cl)cccc1Cl. The second-order valence-corrected chi connectivity index (χ2v) is 8.83. The highest BCUT2D eigenvalue weighted by atomic mass is 35.5. The van der Waals surface area contributed by atoms with Crippen LogP contribution in [0.25, 0.3) is 0 Å². The number of rotatable bonds is 9. The van der Waals surface area contributed by atoms with E-state index in [1.807, 2.05) is 24.3 Å². The van der Waals surface area contributed by atoms with E-state index in [0.29, 0.717) is 48.7 Å². The first-order valence-corrected chi connectivity index (χ1v) is 11.3. The fourth-order valence-corrected chi connectivity index (χ4v) is 4.31. The van der Waals surface area contributed by atoms with Crippen LogP contribution < -0.4 is 14.8 Å². The van der Waals surface area contributed by atoms with Crippen LogP contribution in [0.1, 0.15) is 16.7 Å². The summed E-state index contributed by atoms with van der Waals surface area (Å²) >= 11 is 31.1. The van der Waals surface area contributed by atoms with E-state index in [1.165, 1.54) is 0 Å². The quantitative estimate of drug-likeness (QED) is 0.292. The van der Waals surface area contributed by atoms with Crippen molar-refractivity contribution in [1.82, 2.24) is 5.32 Å². The van der Waals surface area contributed by atoms with Gasteiger partial charge in [-0.1, -0.05) is 70.1 Å². The summed E-state index contributed by atoms with van der Waals surface area (Å²) in [5, 5.41) is 6.18. The van der Waals surface area contributed by atoms with E-state index >= 15 is 0 Å². The van der Waals surface area contributed by atoms with Gasteiger partial charge in [-0.25, -0.2) is 0 Å². The molecule has 31 heavy (non-hydrogen) atoms. The number of benzene rings is 3. The van der Waals surface area contributed by atoms with Crippen LogP contribution in [0.2, 0.25) is 25.1 Å². The Balaban J connectivity index is 1.62. The molecule has 8 heteroatoms. The molecule has 0 unspecified atom stereocenters. The molecule has 1 N–H and O–H groups in total. The minimum absolute atomic E-state index is 0.175. The average Bonchev–Trinajstić information content (AvgIpc) is 2.73. The third kappa shape index (κ3) is 6.58. The Morgan fingerprint density at radius 2 is 1.58 bits per heavy atom. The predicted molar refractivity (Wildman–Crippen MR) is 131 cm³/mol. The van der Waals surface area contributed by atoms with Gasteiger partial charge in [0, 0.05) is 32.2 Å². The Morgan fingerprint density at radius 3 is 2.26 bits per heavy atom. The zero-order valence-corrected chi connectivity index (χ0v) is 20.4. The maximum atomic E-state index is 6.47. The van der Waals surface area contributed by atoms with Crippen LogP contribution in [0.4, 0.5) is 0 Å². The van der Waals surface area contributed by atoms with E-state index in [9.17, 15) is 0 Å². The minimum atomic E-state index is 0.175. The summed E-state index contributed by atoms with van der Waals surface area (Å²) in [6.07, 6.45) is 0.778. The first-order valence-electron chi connectivity index (χ1n) is 9.45. The van der Waals surface area contributed by atoms with E-state index in [2.05, 4.69) is 5.32 Å². The van der Waals surface area contributed by atoms with Crippen molar-refractivity contribution < 1.29 is 9.47 Å². The molecule has 0 amide bonds. The van der Waals surface area contributed by atoms with Crippen LogP contribution in [0, 0.1) is 0 Å². The molecule has 0 aliphatic rings. The van der Waals surface area contributed by atoms with Crippen LogP contribution in [0.15, 0.2) is 48.5 Å². The topological polar surface area (TPSA) is 30.5 Å². The standard InChI is InChI=1S/C23H20Cl5NO2/c1-30-22-10-14(12-29-8-7-15-5-6-16(24)11-20(15)27)9-21(28)23(22)31-13-17-18(25)3-2-4-19(17)26/h2-6,9-11,29H,7-8,12-13H2,1H3. The van der Waals surface area contributed by atoms with Gasteiger partial charge in [0.05, 0.1) is 12.1 Å². The zero-order chi connectivity index (χ0) is 22.4. The minimum Gasteiger partial charge on any atom is -0.493 e. The van der Waals surface area contributed by atoms with Crippen LogP contribution in [0.5, 0.6) is 11.5 Å². The molecule has 0 saturated heterocycles. The van der Waals surface area contributed by atoms with Gasteiger partial charge in [0.15, 0.2) is 11.5 Å². The van der Waals surface area contributed by atoms with E-state index in [-0.39, 0.29) is 6.61 Å². The fraction of sp³-hybridized carbons (Fsp3) is 0.217. The van der Waals surface area contributed by atoms with E-state index < -0.39 is 0 Å². The lowest BCUT2D eigenvalue weighted by Gasteiger charge is -2.16. The molecule has 3 aromatic carbocycles. The van der Waals surface area contributed by atoms with E-state index in [1.54, 1.807) is 31.4 Å². The fourth-order valence-electron chi connectivity index (χ4n) is 3.01. The summed E-state index contributed by atoms with van der Waals surface area (Å²) in [4.78, 5) is 0. The van der Waals surface area contributed by atoms with Crippen molar-refractivity contribution in [2.45, 2.75) is 19.6 Å². The molecule has 0 aromatic heterocycles. The van der Waals surface area contributed by atoms with Crippen molar-refractivity contribution in [1.29, 1.82) is 0 Å². The average molecular weight is 520 g/mol. The summed E-state index contributed by atoms with van der Waals surface area (Å²) in [6, 6.07) is 14.6. The molecule has 3 rings (SSSR count). The number of nitrogens with one attached hydrogen (secondary N) is 1. The number of hydrogen-bond donors (Lipinski definition) is 1. The highest BCUT2D eigenvalue weighted by Crippen LogP contribution is 2.38. The number of hydrogen-bond acceptors (Lipinski definition) is 3. The van der Waals surface area contributed by atoms with Gasteiger partial charge in [-0.15, -0.1) is 0 Å². The monoisotopic (exact) mass is 517 g/mol. The number of methoxy groups -OCH3 is 1. The highest BCUT2D eigenvalue weighted by Gasteiger charge is 2.14. The van der Waals surface area contributed by atoms with Gasteiger partial charge >= 0.3 is 0 Å². The molecule has 164 valence electrons. The lowest BCUT2D eigenvalue weighted by atomic mass is 10.1. The summed E-state index contributed by atoms with van der Waals surface area (Å²) in [7, 11) is 1.57. The summed E-state index contributed by atoms with van der Waals surface area (Å²) in [5.41, 5.74) is 2.69. The summed E-state index contributed by atoms with van der Waals surface area (Å²) in [6.45, 7) is 1.52. The predicted octanol–water partition coefficient (Wildman–Crippen LogP) is 7.87. The van der Waals surface area contributed by atoms with Gasteiger partial charge in [-0.3, -0.25) is 0 Å². The Bertz CT molecular complexity index is 1040. The molecule has 0 atom stereocenters. The van der Waals surface area contributed by atoms with Crippen molar-refractivity contribution in [3.8, 4) is 11.5 Å². The second kappa shape index (κ2) is 11.5. The smallest absolute Gasteiger partial charge is 0.180 e. The molecule has 0 bridgehead atoms. The van der Waals surface area contributed by atoms with Crippen molar-refractivity contribution >= 4 is 58.0 Å². The molecule has 0 aliphatic heterocycles. The van der Waals surface area contributed by atoms with Crippen molar-refractivity contribution in [3.63, 3.8) is 0 Å². The first-order chi connectivity index (χ1) is 14.9. The first kappa shape index (κ1) is 24.3. The number of halogens is 5. The Labute approximate surface area is 207 Å². The van der Waals surface area contributed by atoms with Gasteiger partial charge in [-0.05, 0) is 60.5 Å². The highest BCUT2D eigenvalue weighted by molar-refractivity contribution is 6.36. The van der Waals surface area contributed by atoms with Gasteiger partial charge in [0.25, 0.3) is 0 Å². The lowest BCUT2D eigenvalue weighted by Crippen LogP contribution is -2.17. The third-order valence-corrected chi connectivity index (χ3v) is 6.20. The van der Waals surface area contributed by atoms with Crippen molar-refractivity contribution in [3.05, 3.63) is 90.3 Å². The second-order valence-electron chi connectivity index (χ2n) is 6.76.